The average molecular weight is 396 g/mol. The van der Waals surface area contributed by atoms with Gasteiger partial charge in [-0.2, -0.15) is 5.10 Å². The molecule has 0 spiro atoms. The lowest BCUT2D eigenvalue weighted by atomic mass is 10.0. The normalized spacial score (nSPS) is 11.0. The highest BCUT2D eigenvalue weighted by Crippen LogP contribution is 2.30. The first-order chi connectivity index (χ1) is 14.7. The fourth-order valence-corrected chi connectivity index (χ4v) is 3.31. The van der Waals surface area contributed by atoms with Crippen molar-refractivity contribution in [2.45, 2.75) is 6.92 Å². The van der Waals surface area contributed by atoms with Gasteiger partial charge in [-0.05, 0) is 37.3 Å². The number of halogens is 1. The molecule has 1 N–H and O–H groups in total. The first kappa shape index (κ1) is 17.9. The van der Waals surface area contributed by atoms with Gasteiger partial charge in [0.25, 0.3) is 0 Å². The Morgan fingerprint density at radius 2 is 1.67 bits per heavy atom. The number of aromatic nitrogens is 5. The Hall–Kier alpha value is -4.13. The molecule has 0 atom stereocenters. The summed E-state index contributed by atoms with van der Waals surface area (Å²) in [4.78, 5) is 13.2. The second-order valence-corrected chi connectivity index (χ2v) is 6.83. The zero-order valence-electron chi connectivity index (χ0n) is 16.1. The van der Waals surface area contributed by atoms with E-state index in [1.807, 2.05) is 55.5 Å². The van der Waals surface area contributed by atoms with Gasteiger partial charge in [0.1, 0.15) is 18.0 Å². The quantitative estimate of drug-likeness (QED) is 0.459. The Morgan fingerprint density at radius 3 is 2.43 bits per heavy atom. The molecule has 146 valence electrons. The number of nitrogens with one attached hydrogen (secondary N) is 1. The van der Waals surface area contributed by atoms with Crippen LogP contribution in [0, 0.1) is 12.7 Å². The third-order valence-electron chi connectivity index (χ3n) is 4.77. The van der Waals surface area contributed by atoms with E-state index in [9.17, 15) is 4.39 Å². The Labute approximate surface area is 172 Å². The van der Waals surface area contributed by atoms with Crippen molar-refractivity contribution < 1.29 is 4.39 Å². The fourth-order valence-electron chi connectivity index (χ4n) is 3.31. The van der Waals surface area contributed by atoms with Gasteiger partial charge in [0, 0.05) is 28.4 Å². The van der Waals surface area contributed by atoms with E-state index < -0.39 is 0 Å². The molecule has 5 rings (SSSR count). The van der Waals surface area contributed by atoms with Gasteiger partial charge in [-0.15, -0.1) is 0 Å². The standard InChI is InChI=1S/C23H17FN6/c1-15-26-14-30(29-15)18-11-9-17(10-12-18)27-23-25-13-16-5-4-7-20(22(16)28-23)19-6-2-3-8-21(19)24/h2-14H,1H3,(H,25,27,28). The van der Waals surface area contributed by atoms with E-state index >= 15 is 0 Å². The lowest BCUT2D eigenvalue weighted by molar-refractivity contribution is 0.631. The highest BCUT2D eigenvalue weighted by molar-refractivity contribution is 5.94. The van der Waals surface area contributed by atoms with Crippen LogP contribution in [0.15, 0.2) is 79.3 Å². The number of hydrogen-bond donors (Lipinski definition) is 1. The monoisotopic (exact) mass is 396 g/mol. The molecule has 7 heteroatoms. The maximum absolute atomic E-state index is 14.4. The van der Waals surface area contributed by atoms with Gasteiger partial charge in [-0.3, -0.25) is 0 Å². The predicted molar refractivity (Wildman–Crippen MR) is 114 cm³/mol. The van der Waals surface area contributed by atoms with E-state index in [-0.39, 0.29) is 5.82 Å². The lowest BCUT2D eigenvalue weighted by Crippen LogP contribution is -1.99. The topological polar surface area (TPSA) is 68.5 Å². The zero-order valence-corrected chi connectivity index (χ0v) is 16.1. The predicted octanol–water partition coefficient (Wildman–Crippen LogP) is 5.07. The van der Waals surface area contributed by atoms with E-state index in [1.165, 1.54) is 6.07 Å². The Kier molecular flexibility index (Phi) is 4.40. The van der Waals surface area contributed by atoms with Crippen molar-refractivity contribution in [1.82, 2.24) is 24.7 Å². The van der Waals surface area contributed by atoms with Crippen molar-refractivity contribution in [3.05, 3.63) is 90.9 Å². The molecule has 0 aliphatic heterocycles. The maximum Gasteiger partial charge on any atom is 0.227 e. The van der Waals surface area contributed by atoms with Crippen molar-refractivity contribution in [1.29, 1.82) is 0 Å². The van der Waals surface area contributed by atoms with Crippen LogP contribution < -0.4 is 5.32 Å². The molecule has 0 fully saturated rings. The van der Waals surface area contributed by atoms with Gasteiger partial charge in [0.05, 0.1) is 11.2 Å². The number of hydrogen-bond acceptors (Lipinski definition) is 5. The van der Waals surface area contributed by atoms with Gasteiger partial charge in [0.15, 0.2) is 0 Å². The molecule has 0 saturated carbocycles. The highest BCUT2D eigenvalue weighted by atomic mass is 19.1. The summed E-state index contributed by atoms with van der Waals surface area (Å²) in [6.45, 7) is 1.85. The molecular weight excluding hydrogens is 379 g/mol. The third-order valence-corrected chi connectivity index (χ3v) is 4.77. The van der Waals surface area contributed by atoms with Crippen LogP contribution in [0.2, 0.25) is 0 Å². The van der Waals surface area contributed by atoms with E-state index in [2.05, 4.69) is 25.4 Å². The summed E-state index contributed by atoms with van der Waals surface area (Å²) in [6.07, 6.45) is 3.41. The number of benzene rings is 3. The molecule has 0 saturated heterocycles. The van der Waals surface area contributed by atoms with Crippen LogP contribution in [0.3, 0.4) is 0 Å². The summed E-state index contributed by atoms with van der Waals surface area (Å²) >= 11 is 0. The molecule has 0 radical (unpaired) electrons. The maximum atomic E-state index is 14.4. The van der Waals surface area contributed by atoms with Crippen LogP contribution in [0.1, 0.15) is 5.82 Å². The molecular formula is C23H17FN6. The van der Waals surface area contributed by atoms with E-state index in [0.29, 0.717) is 22.9 Å². The summed E-state index contributed by atoms with van der Waals surface area (Å²) in [7, 11) is 0. The van der Waals surface area contributed by atoms with Crippen molar-refractivity contribution in [2.75, 3.05) is 5.32 Å². The van der Waals surface area contributed by atoms with Crippen LogP contribution in [0.4, 0.5) is 16.0 Å². The molecule has 0 aliphatic rings. The first-order valence-corrected chi connectivity index (χ1v) is 9.44. The van der Waals surface area contributed by atoms with Gasteiger partial charge in [-0.25, -0.2) is 24.0 Å². The SMILES string of the molecule is Cc1ncn(-c2ccc(Nc3ncc4cccc(-c5ccccc5F)c4n3)cc2)n1. The second kappa shape index (κ2) is 7.36. The fraction of sp³-hybridized carbons (Fsp3) is 0.0435. The van der Waals surface area contributed by atoms with Crippen LogP contribution >= 0.6 is 0 Å². The van der Waals surface area contributed by atoms with Crippen molar-refractivity contribution >= 4 is 22.5 Å². The minimum atomic E-state index is -0.281. The van der Waals surface area contributed by atoms with Gasteiger partial charge in [-0.1, -0.05) is 36.4 Å². The van der Waals surface area contributed by atoms with Crippen LogP contribution in [-0.2, 0) is 0 Å². The number of para-hydroxylation sites is 1. The molecule has 0 unspecified atom stereocenters. The number of fused-ring (bicyclic) bond motifs is 1. The van der Waals surface area contributed by atoms with Gasteiger partial charge < -0.3 is 5.32 Å². The van der Waals surface area contributed by atoms with E-state index in [0.717, 1.165) is 22.3 Å². The summed E-state index contributed by atoms with van der Waals surface area (Å²) in [5.41, 5.74) is 3.67. The molecule has 5 aromatic rings. The molecule has 3 aromatic carbocycles. The smallest absolute Gasteiger partial charge is 0.227 e. The van der Waals surface area contributed by atoms with Crippen molar-refractivity contribution in [2.24, 2.45) is 0 Å². The number of nitrogens with zero attached hydrogens (tertiary/aromatic N) is 5. The van der Waals surface area contributed by atoms with Gasteiger partial charge >= 0.3 is 0 Å². The summed E-state index contributed by atoms with van der Waals surface area (Å²) < 4.78 is 16.1. The number of aryl methyl sites for hydroxylation is 1. The Bertz CT molecular complexity index is 1340. The molecule has 0 aliphatic carbocycles. The second-order valence-electron chi connectivity index (χ2n) is 6.83. The molecule has 30 heavy (non-hydrogen) atoms. The van der Waals surface area contributed by atoms with Crippen LogP contribution in [-0.4, -0.2) is 24.7 Å². The van der Waals surface area contributed by atoms with E-state index in [4.69, 9.17) is 0 Å². The number of anilines is 2. The van der Waals surface area contributed by atoms with Crippen molar-refractivity contribution in [3.8, 4) is 16.8 Å². The Balaban J connectivity index is 1.48. The molecule has 0 bridgehead atoms. The summed E-state index contributed by atoms with van der Waals surface area (Å²) in [5.74, 6) is 0.875. The molecule has 0 amide bonds. The summed E-state index contributed by atoms with van der Waals surface area (Å²) in [6, 6.07) is 20.1. The molecule has 6 nitrogen and oxygen atoms in total. The highest BCUT2D eigenvalue weighted by Gasteiger charge is 2.11. The molecule has 2 heterocycles. The average Bonchev–Trinajstić information content (AvgIpc) is 3.21. The minimum absolute atomic E-state index is 0.281. The van der Waals surface area contributed by atoms with Gasteiger partial charge in [0.2, 0.25) is 5.95 Å². The third kappa shape index (κ3) is 3.37. The largest absolute Gasteiger partial charge is 0.324 e. The minimum Gasteiger partial charge on any atom is -0.324 e. The summed E-state index contributed by atoms with van der Waals surface area (Å²) in [5, 5.41) is 8.36. The van der Waals surface area contributed by atoms with Crippen LogP contribution in [0.25, 0.3) is 27.7 Å². The lowest BCUT2D eigenvalue weighted by Gasteiger charge is -2.10. The number of rotatable bonds is 4. The first-order valence-electron chi connectivity index (χ1n) is 9.44. The van der Waals surface area contributed by atoms with Crippen molar-refractivity contribution in [3.63, 3.8) is 0 Å². The zero-order chi connectivity index (χ0) is 20.5. The molecule has 2 aromatic heterocycles. The van der Waals surface area contributed by atoms with Crippen LogP contribution in [0.5, 0.6) is 0 Å². The Morgan fingerprint density at radius 1 is 0.867 bits per heavy atom. The van der Waals surface area contributed by atoms with E-state index in [1.54, 1.807) is 29.3 Å².